The molecule has 1 aliphatic heterocycles. The fourth-order valence-corrected chi connectivity index (χ4v) is 2.26. The molecule has 0 N–H and O–H groups in total. The van der Waals surface area contributed by atoms with Crippen molar-refractivity contribution in [3.63, 3.8) is 0 Å². The molecule has 2 nitrogen and oxygen atoms in total. The number of hydrogen-bond acceptors (Lipinski definition) is 2. The maximum Gasteiger partial charge on any atom is 0.129 e. The Morgan fingerprint density at radius 1 is 1.06 bits per heavy atom. The van der Waals surface area contributed by atoms with Gasteiger partial charge in [0.1, 0.15) is 5.82 Å². The van der Waals surface area contributed by atoms with Crippen LogP contribution in [0.2, 0.25) is 0 Å². The number of anilines is 1. The monoisotopic (exact) mass is 223 g/mol. The highest BCUT2D eigenvalue weighted by molar-refractivity contribution is 5.61. The van der Waals surface area contributed by atoms with Crippen LogP contribution in [0.1, 0.15) is 12.8 Å². The number of hydrogen-bond donors (Lipinski definition) is 0. The van der Waals surface area contributed by atoms with Gasteiger partial charge < -0.3 is 4.90 Å². The zero-order chi connectivity index (χ0) is 11.5. The Balaban J connectivity index is 1.94. The summed E-state index contributed by atoms with van der Waals surface area (Å²) in [5.74, 6) is 1.10. The molecule has 1 saturated heterocycles. The normalized spacial score (nSPS) is 15.2. The van der Waals surface area contributed by atoms with E-state index < -0.39 is 0 Å². The van der Waals surface area contributed by atoms with Crippen LogP contribution >= 0.6 is 0 Å². The van der Waals surface area contributed by atoms with Gasteiger partial charge in [0.25, 0.3) is 0 Å². The molecule has 0 aliphatic carbocycles. The van der Waals surface area contributed by atoms with Crippen LogP contribution in [0.25, 0.3) is 11.3 Å². The smallest absolute Gasteiger partial charge is 0.129 e. The molecule has 0 atom stereocenters. The third-order valence-corrected chi connectivity index (χ3v) is 3.17. The Kier molecular flexibility index (Phi) is 2.78. The standard InChI is InChI=1S/C15H15N2/c1-2-7-13(8-3-1)14-9-6-10-15(16-14)17-11-4-5-12-17/h1-2,6-10H,4-5,11-12H2. The number of aromatic nitrogens is 1. The van der Waals surface area contributed by atoms with E-state index in [4.69, 9.17) is 4.98 Å². The van der Waals surface area contributed by atoms with Crippen molar-refractivity contribution in [1.82, 2.24) is 4.98 Å². The molecule has 0 amide bonds. The van der Waals surface area contributed by atoms with Gasteiger partial charge in [-0.3, -0.25) is 0 Å². The Hall–Kier alpha value is -1.83. The van der Waals surface area contributed by atoms with Gasteiger partial charge in [-0.25, -0.2) is 4.98 Å². The van der Waals surface area contributed by atoms with E-state index in [1.807, 2.05) is 18.2 Å². The SMILES string of the molecule is [c]1cccc(-c2cccc(N3CCCC3)n2)c1. The second-order valence-corrected chi connectivity index (χ2v) is 4.37. The lowest BCUT2D eigenvalue weighted by Gasteiger charge is -2.16. The predicted octanol–water partition coefficient (Wildman–Crippen LogP) is 3.15. The van der Waals surface area contributed by atoms with E-state index in [9.17, 15) is 0 Å². The number of nitrogens with zero attached hydrogens (tertiary/aromatic N) is 2. The van der Waals surface area contributed by atoms with Gasteiger partial charge in [0.2, 0.25) is 0 Å². The van der Waals surface area contributed by atoms with Gasteiger partial charge in [0.05, 0.1) is 5.69 Å². The van der Waals surface area contributed by atoms with Crippen molar-refractivity contribution in [2.24, 2.45) is 0 Å². The first kappa shape index (κ1) is 10.3. The zero-order valence-electron chi connectivity index (χ0n) is 9.76. The molecule has 1 aromatic heterocycles. The van der Waals surface area contributed by atoms with Crippen molar-refractivity contribution in [2.45, 2.75) is 12.8 Å². The average molecular weight is 223 g/mol. The van der Waals surface area contributed by atoms with Crippen molar-refractivity contribution < 1.29 is 0 Å². The van der Waals surface area contributed by atoms with Crippen molar-refractivity contribution >= 4 is 5.82 Å². The van der Waals surface area contributed by atoms with Crippen molar-refractivity contribution in [3.8, 4) is 11.3 Å². The third-order valence-electron chi connectivity index (χ3n) is 3.17. The molecule has 0 unspecified atom stereocenters. The topological polar surface area (TPSA) is 16.1 Å². The van der Waals surface area contributed by atoms with Crippen LogP contribution in [0.4, 0.5) is 5.82 Å². The summed E-state index contributed by atoms with van der Waals surface area (Å²) in [6, 6.07) is 17.3. The molecule has 17 heavy (non-hydrogen) atoms. The second-order valence-electron chi connectivity index (χ2n) is 4.37. The van der Waals surface area contributed by atoms with E-state index >= 15 is 0 Å². The highest BCUT2D eigenvalue weighted by Gasteiger charge is 2.13. The summed E-state index contributed by atoms with van der Waals surface area (Å²) in [7, 11) is 0. The first-order valence-corrected chi connectivity index (χ1v) is 6.12. The van der Waals surface area contributed by atoms with E-state index in [1.54, 1.807) is 0 Å². The van der Waals surface area contributed by atoms with Crippen LogP contribution in [-0.2, 0) is 0 Å². The summed E-state index contributed by atoms with van der Waals surface area (Å²) in [5.41, 5.74) is 2.17. The molecule has 1 fully saturated rings. The van der Waals surface area contributed by atoms with Gasteiger partial charge in [-0.05, 0) is 37.1 Å². The first-order chi connectivity index (χ1) is 8.43. The summed E-state index contributed by atoms with van der Waals surface area (Å²) < 4.78 is 0. The van der Waals surface area contributed by atoms with Gasteiger partial charge in [-0.2, -0.15) is 0 Å². The van der Waals surface area contributed by atoms with Crippen LogP contribution in [-0.4, -0.2) is 18.1 Å². The Labute approximate surface area is 102 Å². The minimum absolute atomic E-state index is 1.03. The van der Waals surface area contributed by atoms with Gasteiger partial charge in [-0.1, -0.05) is 24.3 Å². The van der Waals surface area contributed by atoms with E-state index in [2.05, 4.69) is 35.2 Å². The summed E-state index contributed by atoms with van der Waals surface area (Å²) in [6.45, 7) is 2.27. The van der Waals surface area contributed by atoms with Crippen LogP contribution in [0.3, 0.4) is 0 Å². The molecule has 1 radical (unpaired) electrons. The molecule has 1 aromatic carbocycles. The third kappa shape index (κ3) is 2.16. The zero-order valence-corrected chi connectivity index (χ0v) is 9.76. The lowest BCUT2D eigenvalue weighted by Crippen LogP contribution is -2.18. The van der Waals surface area contributed by atoms with Crippen LogP contribution < -0.4 is 4.90 Å². The van der Waals surface area contributed by atoms with Crippen molar-refractivity contribution in [3.05, 3.63) is 48.5 Å². The molecular formula is C15H15N2. The summed E-state index contributed by atoms with van der Waals surface area (Å²) in [5, 5.41) is 0. The average Bonchev–Trinajstić information content (AvgIpc) is 2.94. The molecule has 0 spiro atoms. The molecule has 0 saturated carbocycles. The second kappa shape index (κ2) is 4.58. The van der Waals surface area contributed by atoms with Gasteiger partial charge >= 0.3 is 0 Å². The summed E-state index contributed by atoms with van der Waals surface area (Å²) >= 11 is 0. The Morgan fingerprint density at radius 3 is 2.71 bits per heavy atom. The highest BCUT2D eigenvalue weighted by Crippen LogP contribution is 2.22. The largest absolute Gasteiger partial charge is 0.357 e. The van der Waals surface area contributed by atoms with E-state index in [1.165, 1.54) is 12.8 Å². The number of rotatable bonds is 2. The maximum atomic E-state index is 4.73. The van der Waals surface area contributed by atoms with Crippen LogP contribution in [0.15, 0.2) is 42.5 Å². The van der Waals surface area contributed by atoms with Crippen LogP contribution in [0.5, 0.6) is 0 Å². The van der Waals surface area contributed by atoms with E-state index in [0.29, 0.717) is 0 Å². The Morgan fingerprint density at radius 2 is 1.94 bits per heavy atom. The maximum absolute atomic E-state index is 4.73. The minimum Gasteiger partial charge on any atom is -0.357 e. The quantitative estimate of drug-likeness (QED) is 0.777. The predicted molar refractivity (Wildman–Crippen MR) is 70.0 cm³/mol. The molecule has 3 rings (SSSR count). The molecule has 2 heteroatoms. The van der Waals surface area contributed by atoms with E-state index in [-0.39, 0.29) is 0 Å². The number of benzene rings is 1. The lowest BCUT2D eigenvalue weighted by atomic mass is 10.1. The fraction of sp³-hybridized carbons (Fsp3) is 0.267. The summed E-state index contributed by atoms with van der Waals surface area (Å²) in [4.78, 5) is 7.09. The molecule has 85 valence electrons. The molecule has 1 aliphatic rings. The van der Waals surface area contributed by atoms with Crippen LogP contribution in [0, 0.1) is 6.07 Å². The molecule has 2 heterocycles. The number of pyridine rings is 1. The van der Waals surface area contributed by atoms with Crippen molar-refractivity contribution in [2.75, 3.05) is 18.0 Å². The first-order valence-electron chi connectivity index (χ1n) is 6.12. The minimum atomic E-state index is 1.03. The fourth-order valence-electron chi connectivity index (χ4n) is 2.26. The highest BCUT2D eigenvalue weighted by atomic mass is 15.2. The molecule has 2 aromatic rings. The molecular weight excluding hydrogens is 208 g/mol. The summed E-state index contributed by atoms with van der Waals surface area (Å²) in [6.07, 6.45) is 2.57. The van der Waals surface area contributed by atoms with Gasteiger partial charge in [0.15, 0.2) is 0 Å². The van der Waals surface area contributed by atoms with E-state index in [0.717, 1.165) is 30.2 Å². The Bertz CT molecular complexity index is 487. The lowest BCUT2D eigenvalue weighted by molar-refractivity contribution is 0.939. The molecule has 0 bridgehead atoms. The van der Waals surface area contributed by atoms with Crippen molar-refractivity contribution in [1.29, 1.82) is 0 Å². The van der Waals surface area contributed by atoms with Gasteiger partial charge in [-0.15, -0.1) is 0 Å². The van der Waals surface area contributed by atoms with Gasteiger partial charge in [0, 0.05) is 18.7 Å².